The number of hydrogen-bond acceptors (Lipinski definition) is 3. The van der Waals surface area contributed by atoms with Crippen LogP contribution in [0, 0.1) is 5.92 Å². The molecule has 2 saturated carbocycles. The van der Waals surface area contributed by atoms with Crippen LogP contribution in [0.5, 0.6) is 0 Å². The van der Waals surface area contributed by atoms with Crippen molar-refractivity contribution in [3.05, 3.63) is 59.7 Å². The van der Waals surface area contributed by atoms with E-state index in [1.54, 1.807) is 4.90 Å². The molecule has 1 N–H and O–H groups in total. The quantitative estimate of drug-likeness (QED) is 0.644. The number of benzene rings is 2. The predicted octanol–water partition coefficient (Wildman–Crippen LogP) is 5.12. The Bertz CT molecular complexity index is 975. The van der Waals surface area contributed by atoms with Crippen molar-refractivity contribution in [3.63, 3.8) is 0 Å². The molecule has 0 radical (unpaired) electrons. The maximum Gasteiger partial charge on any atom is 0.258 e. The van der Waals surface area contributed by atoms with Crippen LogP contribution in [0.1, 0.15) is 73.2 Å². The highest BCUT2D eigenvalue weighted by Crippen LogP contribution is 2.33. The minimum atomic E-state index is -0.0638. The van der Waals surface area contributed by atoms with Crippen LogP contribution in [0.15, 0.2) is 48.5 Å². The lowest BCUT2D eigenvalue weighted by atomic mass is 9.84. The molecule has 2 amide bonds. The number of anilines is 2. The van der Waals surface area contributed by atoms with Crippen LogP contribution >= 0.6 is 0 Å². The summed E-state index contributed by atoms with van der Waals surface area (Å²) in [7, 11) is 1.81. The first-order valence-corrected chi connectivity index (χ1v) is 12.6. The third-order valence-corrected chi connectivity index (χ3v) is 7.64. The fourth-order valence-corrected chi connectivity index (χ4v) is 5.26. The van der Waals surface area contributed by atoms with Gasteiger partial charge in [-0.1, -0.05) is 31.4 Å². The number of amides is 2. The van der Waals surface area contributed by atoms with Crippen molar-refractivity contribution in [2.75, 3.05) is 29.9 Å². The molecule has 2 aromatic carbocycles. The number of nitrogens with one attached hydrogen (secondary N) is 1. The summed E-state index contributed by atoms with van der Waals surface area (Å²) in [5, 5.41) is 3.44. The molecule has 1 unspecified atom stereocenters. The van der Waals surface area contributed by atoms with Crippen molar-refractivity contribution in [1.29, 1.82) is 0 Å². The van der Waals surface area contributed by atoms with E-state index >= 15 is 0 Å². The molecule has 2 aromatic rings. The molecule has 5 rings (SSSR count). The Morgan fingerprint density at radius 2 is 1.64 bits per heavy atom. The van der Waals surface area contributed by atoms with Gasteiger partial charge in [0.1, 0.15) is 0 Å². The zero-order valence-electron chi connectivity index (χ0n) is 19.6. The van der Waals surface area contributed by atoms with Crippen LogP contribution in [-0.2, 0) is 4.79 Å². The van der Waals surface area contributed by atoms with Gasteiger partial charge in [0.25, 0.3) is 5.91 Å². The van der Waals surface area contributed by atoms with Crippen molar-refractivity contribution in [2.24, 2.45) is 5.92 Å². The van der Waals surface area contributed by atoms with Gasteiger partial charge in [-0.3, -0.25) is 9.59 Å². The Morgan fingerprint density at radius 1 is 0.939 bits per heavy atom. The highest BCUT2D eigenvalue weighted by Gasteiger charge is 2.33. The van der Waals surface area contributed by atoms with Crippen molar-refractivity contribution in [1.82, 2.24) is 5.32 Å². The average Bonchev–Trinajstić information content (AvgIpc) is 3.63. The zero-order valence-corrected chi connectivity index (χ0v) is 19.6. The highest BCUT2D eigenvalue weighted by molar-refractivity contribution is 6.06. The molecule has 33 heavy (non-hydrogen) atoms. The minimum absolute atomic E-state index is 0.0143. The van der Waals surface area contributed by atoms with Gasteiger partial charge in [0.05, 0.1) is 6.04 Å². The summed E-state index contributed by atoms with van der Waals surface area (Å²) in [4.78, 5) is 29.4. The maximum absolute atomic E-state index is 13.1. The van der Waals surface area contributed by atoms with E-state index in [4.69, 9.17) is 0 Å². The zero-order chi connectivity index (χ0) is 22.8. The summed E-state index contributed by atoms with van der Waals surface area (Å²) in [5.74, 6) is 1.55. The topological polar surface area (TPSA) is 52.7 Å². The van der Waals surface area contributed by atoms with Gasteiger partial charge < -0.3 is 15.1 Å². The molecular formula is C28H35N3O2. The molecule has 0 aromatic heterocycles. The second kappa shape index (κ2) is 9.68. The van der Waals surface area contributed by atoms with Gasteiger partial charge in [0, 0.05) is 30.5 Å². The van der Waals surface area contributed by atoms with Crippen LogP contribution in [-0.4, -0.2) is 38.0 Å². The SMILES string of the molecule is CN(C(=O)c1ccc(C2CCCCC2)cc1)c1ccc(N2CCC(NCC3CC3)C2=O)cc1. The van der Waals surface area contributed by atoms with Crippen LogP contribution in [0.25, 0.3) is 0 Å². The molecule has 3 aliphatic rings. The van der Waals surface area contributed by atoms with E-state index in [9.17, 15) is 9.59 Å². The van der Waals surface area contributed by atoms with E-state index in [-0.39, 0.29) is 17.9 Å². The first-order valence-electron chi connectivity index (χ1n) is 12.6. The summed E-state index contributed by atoms with van der Waals surface area (Å²) in [6, 6.07) is 15.9. The second-order valence-corrected chi connectivity index (χ2v) is 10.0. The maximum atomic E-state index is 13.1. The van der Waals surface area contributed by atoms with Crippen LogP contribution in [0.3, 0.4) is 0 Å². The van der Waals surface area contributed by atoms with Gasteiger partial charge >= 0.3 is 0 Å². The minimum Gasteiger partial charge on any atom is -0.311 e. The molecule has 2 aliphatic carbocycles. The molecule has 5 nitrogen and oxygen atoms in total. The number of carbonyl (C=O) groups excluding carboxylic acids is 2. The van der Waals surface area contributed by atoms with Crippen LogP contribution in [0.2, 0.25) is 0 Å². The van der Waals surface area contributed by atoms with E-state index < -0.39 is 0 Å². The fraction of sp³-hybridized carbons (Fsp3) is 0.500. The summed E-state index contributed by atoms with van der Waals surface area (Å²) >= 11 is 0. The van der Waals surface area contributed by atoms with Crippen LogP contribution < -0.4 is 15.1 Å². The largest absolute Gasteiger partial charge is 0.311 e. The first-order chi connectivity index (χ1) is 16.1. The third kappa shape index (κ3) is 4.98. The van der Waals surface area contributed by atoms with Crippen molar-refractivity contribution < 1.29 is 9.59 Å². The average molecular weight is 446 g/mol. The molecule has 0 bridgehead atoms. The summed E-state index contributed by atoms with van der Waals surface area (Å²) in [6.07, 6.45) is 9.91. The van der Waals surface area contributed by atoms with Crippen LogP contribution in [0.4, 0.5) is 11.4 Å². The third-order valence-electron chi connectivity index (χ3n) is 7.64. The molecule has 5 heteroatoms. The molecular weight excluding hydrogens is 410 g/mol. The Balaban J connectivity index is 1.20. The first kappa shape index (κ1) is 22.1. The lowest BCUT2D eigenvalue weighted by Gasteiger charge is -2.23. The van der Waals surface area contributed by atoms with Crippen molar-refractivity contribution >= 4 is 23.2 Å². The van der Waals surface area contributed by atoms with Gasteiger partial charge in [-0.2, -0.15) is 0 Å². The molecule has 1 saturated heterocycles. The Hall–Kier alpha value is -2.66. The molecule has 1 heterocycles. The number of nitrogens with zero attached hydrogens (tertiary/aromatic N) is 2. The molecule has 1 aliphatic heterocycles. The summed E-state index contributed by atoms with van der Waals surface area (Å²) < 4.78 is 0. The van der Waals surface area contributed by atoms with E-state index in [2.05, 4.69) is 17.4 Å². The van der Waals surface area contributed by atoms with Gasteiger partial charge in [-0.15, -0.1) is 0 Å². The van der Waals surface area contributed by atoms with Gasteiger partial charge in [-0.25, -0.2) is 0 Å². The molecule has 3 fully saturated rings. The second-order valence-electron chi connectivity index (χ2n) is 10.0. The Kier molecular flexibility index (Phi) is 6.50. The summed E-state index contributed by atoms with van der Waals surface area (Å²) in [5.41, 5.74) is 3.80. The lowest BCUT2D eigenvalue weighted by molar-refractivity contribution is -0.118. The Morgan fingerprint density at radius 3 is 2.30 bits per heavy atom. The van der Waals surface area contributed by atoms with Gasteiger partial charge in [0.15, 0.2) is 0 Å². The van der Waals surface area contributed by atoms with Gasteiger partial charge in [-0.05, 0) is 92.4 Å². The monoisotopic (exact) mass is 445 g/mol. The Labute approximate surface area is 197 Å². The standard InChI is InChI=1S/C28H35N3O2/c1-30(27(32)23-11-9-22(10-12-23)21-5-3-2-4-6-21)24-13-15-25(16-14-24)31-18-17-26(28(31)33)29-19-20-7-8-20/h9-16,20-21,26,29H,2-8,17-19H2,1H3. The van der Waals surface area contributed by atoms with E-state index in [0.29, 0.717) is 11.5 Å². The predicted molar refractivity (Wildman–Crippen MR) is 133 cm³/mol. The normalized spacial score (nSPS) is 21.4. The molecule has 1 atom stereocenters. The fourth-order valence-electron chi connectivity index (χ4n) is 5.26. The van der Waals surface area contributed by atoms with Crippen molar-refractivity contribution in [3.8, 4) is 0 Å². The summed E-state index contributed by atoms with van der Waals surface area (Å²) in [6.45, 7) is 1.69. The number of hydrogen-bond donors (Lipinski definition) is 1. The van der Waals surface area contributed by atoms with E-state index in [1.807, 2.05) is 48.3 Å². The number of carbonyl (C=O) groups is 2. The smallest absolute Gasteiger partial charge is 0.258 e. The lowest BCUT2D eigenvalue weighted by Crippen LogP contribution is -2.39. The van der Waals surface area contributed by atoms with Gasteiger partial charge in [0.2, 0.25) is 5.91 Å². The number of rotatable bonds is 7. The molecule has 0 spiro atoms. The molecule has 174 valence electrons. The van der Waals surface area contributed by atoms with E-state index in [1.165, 1.54) is 50.5 Å². The van der Waals surface area contributed by atoms with E-state index in [0.717, 1.165) is 36.8 Å². The van der Waals surface area contributed by atoms with Crippen molar-refractivity contribution in [2.45, 2.75) is 63.3 Å². The highest BCUT2D eigenvalue weighted by atomic mass is 16.2.